The van der Waals surface area contributed by atoms with Crippen LogP contribution in [0.1, 0.15) is 60.3 Å². The van der Waals surface area contributed by atoms with Gasteiger partial charge in [-0.05, 0) is 49.6 Å². The van der Waals surface area contributed by atoms with Crippen LogP contribution < -0.4 is 10.1 Å². The van der Waals surface area contributed by atoms with Gasteiger partial charge in [0.1, 0.15) is 12.1 Å². The molecule has 126 valence electrons. The van der Waals surface area contributed by atoms with Crippen LogP contribution in [0.3, 0.4) is 0 Å². The molecular formula is C19H23N3O2. The van der Waals surface area contributed by atoms with Crippen LogP contribution in [-0.4, -0.2) is 22.5 Å². The third-order valence-corrected chi connectivity index (χ3v) is 4.05. The SMILES string of the molecule is CCCCOc1ccc(C(=O)NCc2cc(C3CC3)ncn2)cc1. The first kappa shape index (κ1) is 16.4. The van der Waals surface area contributed by atoms with Crippen molar-refractivity contribution in [2.24, 2.45) is 0 Å². The largest absolute Gasteiger partial charge is 0.494 e. The van der Waals surface area contributed by atoms with Crippen molar-refractivity contribution >= 4 is 5.91 Å². The number of hydrogen-bond donors (Lipinski definition) is 1. The van der Waals surface area contributed by atoms with E-state index >= 15 is 0 Å². The fourth-order valence-corrected chi connectivity index (χ4v) is 2.42. The summed E-state index contributed by atoms with van der Waals surface area (Å²) in [7, 11) is 0. The number of benzene rings is 1. The average molecular weight is 325 g/mol. The summed E-state index contributed by atoms with van der Waals surface area (Å²) in [6.45, 7) is 3.25. The van der Waals surface area contributed by atoms with Gasteiger partial charge in [0.2, 0.25) is 0 Å². The van der Waals surface area contributed by atoms with Gasteiger partial charge in [-0.1, -0.05) is 13.3 Å². The Kier molecular flexibility index (Phi) is 5.41. The van der Waals surface area contributed by atoms with E-state index in [2.05, 4.69) is 22.2 Å². The van der Waals surface area contributed by atoms with Gasteiger partial charge in [0.25, 0.3) is 5.91 Å². The molecule has 3 rings (SSSR count). The normalized spacial score (nSPS) is 13.5. The molecule has 1 saturated carbocycles. The zero-order valence-electron chi connectivity index (χ0n) is 14.0. The predicted octanol–water partition coefficient (Wildman–Crippen LogP) is 3.46. The van der Waals surface area contributed by atoms with Crippen LogP contribution in [0.15, 0.2) is 36.7 Å². The second kappa shape index (κ2) is 7.90. The highest BCUT2D eigenvalue weighted by Crippen LogP contribution is 2.38. The molecule has 2 aromatic rings. The zero-order valence-corrected chi connectivity index (χ0v) is 14.0. The lowest BCUT2D eigenvalue weighted by Gasteiger charge is -2.08. The van der Waals surface area contributed by atoms with Gasteiger partial charge in [-0.25, -0.2) is 9.97 Å². The summed E-state index contributed by atoms with van der Waals surface area (Å²) in [5.74, 6) is 1.27. The van der Waals surface area contributed by atoms with E-state index < -0.39 is 0 Å². The maximum atomic E-state index is 12.2. The average Bonchev–Trinajstić information content (AvgIpc) is 3.46. The van der Waals surface area contributed by atoms with E-state index in [9.17, 15) is 4.79 Å². The number of carbonyl (C=O) groups excluding carboxylic acids is 1. The molecule has 5 heteroatoms. The van der Waals surface area contributed by atoms with Crippen molar-refractivity contribution in [3.63, 3.8) is 0 Å². The second-order valence-electron chi connectivity index (χ2n) is 6.12. The Morgan fingerprint density at radius 2 is 2.04 bits per heavy atom. The molecule has 0 spiro atoms. The topological polar surface area (TPSA) is 64.1 Å². The van der Waals surface area contributed by atoms with Gasteiger partial charge in [-0.3, -0.25) is 4.79 Å². The van der Waals surface area contributed by atoms with Crippen LogP contribution in [-0.2, 0) is 6.54 Å². The fraction of sp³-hybridized carbons (Fsp3) is 0.421. The van der Waals surface area contributed by atoms with Gasteiger partial charge >= 0.3 is 0 Å². The van der Waals surface area contributed by atoms with Crippen molar-refractivity contribution in [3.8, 4) is 5.75 Å². The fourth-order valence-electron chi connectivity index (χ4n) is 2.42. The summed E-state index contributed by atoms with van der Waals surface area (Å²) in [5.41, 5.74) is 2.55. The first-order valence-corrected chi connectivity index (χ1v) is 8.58. The third-order valence-electron chi connectivity index (χ3n) is 4.05. The maximum Gasteiger partial charge on any atom is 0.251 e. The molecule has 1 heterocycles. The van der Waals surface area contributed by atoms with Crippen molar-refractivity contribution in [3.05, 3.63) is 53.6 Å². The molecule has 1 aromatic carbocycles. The number of rotatable bonds is 8. The number of nitrogens with zero attached hydrogens (tertiary/aromatic N) is 2. The Morgan fingerprint density at radius 3 is 2.75 bits per heavy atom. The zero-order chi connectivity index (χ0) is 16.8. The number of hydrogen-bond acceptors (Lipinski definition) is 4. The monoisotopic (exact) mass is 325 g/mol. The first-order valence-electron chi connectivity index (χ1n) is 8.58. The third kappa shape index (κ3) is 4.54. The molecule has 1 aliphatic rings. The first-order chi connectivity index (χ1) is 11.8. The maximum absolute atomic E-state index is 12.2. The van der Waals surface area contributed by atoms with Crippen LogP contribution in [0.5, 0.6) is 5.75 Å². The predicted molar refractivity (Wildman–Crippen MR) is 92.0 cm³/mol. The van der Waals surface area contributed by atoms with Gasteiger partial charge in [0, 0.05) is 17.2 Å². The van der Waals surface area contributed by atoms with Gasteiger partial charge in [-0.2, -0.15) is 0 Å². The molecule has 0 bridgehead atoms. The molecule has 0 saturated heterocycles. The summed E-state index contributed by atoms with van der Waals surface area (Å²) in [6, 6.07) is 9.22. The van der Waals surface area contributed by atoms with E-state index in [0.717, 1.165) is 30.0 Å². The van der Waals surface area contributed by atoms with E-state index in [1.807, 2.05) is 18.2 Å². The smallest absolute Gasteiger partial charge is 0.251 e. The molecule has 1 fully saturated rings. The van der Waals surface area contributed by atoms with E-state index in [4.69, 9.17) is 4.74 Å². The number of amides is 1. The number of aromatic nitrogens is 2. The van der Waals surface area contributed by atoms with Gasteiger partial charge in [0.05, 0.1) is 18.8 Å². The van der Waals surface area contributed by atoms with Gasteiger partial charge < -0.3 is 10.1 Å². The van der Waals surface area contributed by atoms with E-state index in [1.165, 1.54) is 12.8 Å². The van der Waals surface area contributed by atoms with E-state index in [-0.39, 0.29) is 5.91 Å². The molecular weight excluding hydrogens is 302 g/mol. The highest BCUT2D eigenvalue weighted by Gasteiger charge is 2.25. The number of ether oxygens (including phenoxy) is 1. The lowest BCUT2D eigenvalue weighted by atomic mass is 10.2. The standard InChI is InChI=1S/C19H23N3O2/c1-2-3-10-24-17-8-6-15(7-9-17)19(23)20-12-16-11-18(14-4-5-14)22-13-21-16/h6-9,11,13-14H,2-5,10,12H2,1H3,(H,20,23). The Balaban J connectivity index is 1.52. The van der Waals surface area contributed by atoms with Crippen LogP contribution >= 0.6 is 0 Å². The lowest BCUT2D eigenvalue weighted by Crippen LogP contribution is -2.23. The summed E-state index contributed by atoms with van der Waals surface area (Å²) in [4.78, 5) is 20.7. The number of nitrogens with one attached hydrogen (secondary N) is 1. The minimum Gasteiger partial charge on any atom is -0.494 e. The van der Waals surface area contributed by atoms with Crippen LogP contribution in [0.25, 0.3) is 0 Å². The van der Waals surface area contributed by atoms with Crippen molar-refractivity contribution in [1.82, 2.24) is 15.3 Å². The van der Waals surface area contributed by atoms with E-state index in [0.29, 0.717) is 24.6 Å². The minimum atomic E-state index is -0.110. The molecule has 1 aromatic heterocycles. The van der Waals surface area contributed by atoms with Crippen molar-refractivity contribution in [1.29, 1.82) is 0 Å². The molecule has 0 radical (unpaired) electrons. The summed E-state index contributed by atoms with van der Waals surface area (Å²) in [6.07, 6.45) is 6.12. The Labute approximate surface area is 142 Å². The molecule has 24 heavy (non-hydrogen) atoms. The lowest BCUT2D eigenvalue weighted by molar-refractivity contribution is 0.0950. The minimum absolute atomic E-state index is 0.110. The van der Waals surface area contributed by atoms with Crippen LogP contribution in [0.2, 0.25) is 0 Å². The number of carbonyl (C=O) groups is 1. The summed E-state index contributed by atoms with van der Waals surface area (Å²) < 4.78 is 5.60. The quantitative estimate of drug-likeness (QED) is 0.755. The number of unbranched alkanes of at least 4 members (excludes halogenated alkanes) is 1. The van der Waals surface area contributed by atoms with Crippen molar-refractivity contribution < 1.29 is 9.53 Å². The Bertz CT molecular complexity index is 681. The molecule has 0 aliphatic heterocycles. The molecule has 5 nitrogen and oxygen atoms in total. The summed E-state index contributed by atoms with van der Waals surface area (Å²) in [5, 5.41) is 2.90. The second-order valence-corrected chi connectivity index (χ2v) is 6.12. The van der Waals surface area contributed by atoms with Gasteiger partial charge in [-0.15, -0.1) is 0 Å². The highest BCUT2D eigenvalue weighted by molar-refractivity contribution is 5.94. The van der Waals surface area contributed by atoms with E-state index in [1.54, 1.807) is 18.5 Å². The van der Waals surface area contributed by atoms with Crippen LogP contribution in [0.4, 0.5) is 0 Å². The molecule has 1 amide bonds. The Hall–Kier alpha value is -2.43. The molecule has 0 unspecified atom stereocenters. The van der Waals surface area contributed by atoms with Crippen LogP contribution in [0, 0.1) is 0 Å². The van der Waals surface area contributed by atoms with Crippen molar-refractivity contribution in [2.45, 2.75) is 45.1 Å². The molecule has 0 atom stereocenters. The Morgan fingerprint density at radius 1 is 1.25 bits per heavy atom. The van der Waals surface area contributed by atoms with Gasteiger partial charge in [0.15, 0.2) is 0 Å². The molecule has 1 aliphatic carbocycles. The van der Waals surface area contributed by atoms with Crippen molar-refractivity contribution in [2.75, 3.05) is 6.61 Å². The molecule has 1 N–H and O–H groups in total. The summed E-state index contributed by atoms with van der Waals surface area (Å²) >= 11 is 0. The highest BCUT2D eigenvalue weighted by atomic mass is 16.5.